The van der Waals surface area contributed by atoms with Crippen LogP contribution in [0.25, 0.3) is 0 Å². The standard InChI is InChI=1S/C9H23NO3Si/c1-5-11-14(12-6-2,13-7-3)9(4)8-10/h9H,5-8,10H2,1-4H3. The zero-order valence-electron chi connectivity index (χ0n) is 9.71. The van der Waals surface area contributed by atoms with E-state index in [4.69, 9.17) is 19.0 Å². The highest BCUT2D eigenvalue weighted by molar-refractivity contribution is 6.62. The van der Waals surface area contributed by atoms with Crippen LogP contribution < -0.4 is 5.73 Å². The van der Waals surface area contributed by atoms with Gasteiger partial charge in [0.25, 0.3) is 0 Å². The maximum absolute atomic E-state index is 5.68. The highest BCUT2D eigenvalue weighted by Crippen LogP contribution is 2.24. The lowest BCUT2D eigenvalue weighted by Gasteiger charge is -2.32. The van der Waals surface area contributed by atoms with Gasteiger partial charge in [0.05, 0.1) is 0 Å². The Labute approximate surface area is 88.1 Å². The molecule has 4 nitrogen and oxygen atoms in total. The zero-order chi connectivity index (χ0) is 11.0. The number of hydrogen-bond acceptors (Lipinski definition) is 4. The monoisotopic (exact) mass is 221 g/mol. The van der Waals surface area contributed by atoms with Crippen molar-refractivity contribution in [1.82, 2.24) is 0 Å². The Bertz CT molecular complexity index is 129. The fourth-order valence-electron chi connectivity index (χ4n) is 1.30. The van der Waals surface area contributed by atoms with Gasteiger partial charge in [-0.25, -0.2) is 0 Å². The van der Waals surface area contributed by atoms with E-state index in [0.717, 1.165) is 0 Å². The second kappa shape index (κ2) is 7.36. The van der Waals surface area contributed by atoms with Crippen molar-refractivity contribution < 1.29 is 13.3 Å². The third kappa shape index (κ3) is 3.66. The molecule has 0 aliphatic heterocycles. The van der Waals surface area contributed by atoms with Crippen LogP contribution in [-0.4, -0.2) is 35.2 Å². The van der Waals surface area contributed by atoms with Crippen molar-refractivity contribution >= 4 is 8.80 Å². The molecule has 14 heavy (non-hydrogen) atoms. The molecule has 1 atom stereocenters. The summed E-state index contributed by atoms with van der Waals surface area (Å²) in [7, 11) is -2.52. The van der Waals surface area contributed by atoms with Gasteiger partial charge in [0.15, 0.2) is 0 Å². The van der Waals surface area contributed by atoms with Gasteiger partial charge in [-0.3, -0.25) is 0 Å². The molecule has 0 aromatic heterocycles. The van der Waals surface area contributed by atoms with E-state index in [1.165, 1.54) is 0 Å². The predicted molar refractivity (Wildman–Crippen MR) is 59.1 cm³/mol. The summed E-state index contributed by atoms with van der Waals surface area (Å²) in [5, 5.41) is 0. The Hall–Kier alpha value is 0.0569. The van der Waals surface area contributed by atoms with Crippen LogP contribution in [-0.2, 0) is 13.3 Å². The highest BCUT2D eigenvalue weighted by atomic mass is 28.4. The summed E-state index contributed by atoms with van der Waals surface area (Å²) in [4.78, 5) is 0. The second-order valence-corrected chi connectivity index (χ2v) is 6.10. The molecule has 0 aromatic rings. The van der Waals surface area contributed by atoms with Crippen molar-refractivity contribution in [2.45, 2.75) is 33.2 Å². The van der Waals surface area contributed by atoms with E-state index in [-0.39, 0.29) is 5.54 Å². The Morgan fingerprint density at radius 3 is 1.57 bits per heavy atom. The Balaban J connectivity index is 4.53. The van der Waals surface area contributed by atoms with Gasteiger partial charge >= 0.3 is 8.80 Å². The first-order chi connectivity index (χ1) is 6.66. The minimum Gasteiger partial charge on any atom is -0.374 e. The molecule has 0 fully saturated rings. The van der Waals surface area contributed by atoms with E-state index >= 15 is 0 Å². The summed E-state index contributed by atoms with van der Waals surface area (Å²) in [5.74, 6) is 0. The van der Waals surface area contributed by atoms with Crippen molar-refractivity contribution in [3.05, 3.63) is 0 Å². The highest BCUT2D eigenvalue weighted by Gasteiger charge is 2.45. The quantitative estimate of drug-likeness (QED) is 0.629. The molecule has 0 aliphatic rings. The molecule has 86 valence electrons. The van der Waals surface area contributed by atoms with E-state index in [1.54, 1.807) is 0 Å². The Morgan fingerprint density at radius 1 is 1.00 bits per heavy atom. The second-order valence-electron chi connectivity index (χ2n) is 3.04. The number of nitrogens with two attached hydrogens (primary N) is 1. The first-order valence-electron chi connectivity index (χ1n) is 5.28. The van der Waals surface area contributed by atoms with E-state index in [1.807, 2.05) is 27.7 Å². The van der Waals surface area contributed by atoms with Gasteiger partial charge in [0.1, 0.15) is 0 Å². The average molecular weight is 221 g/mol. The van der Waals surface area contributed by atoms with Crippen molar-refractivity contribution in [1.29, 1.82) is 0 Å². The van der Waals surface area contributed by atoms with Gasteiger partial charge in [0.2, 0.25) is 0 Å². The van der Waals surface area contributed by atoms with E-state index in [0.29, 0.717) is 26.4 Å². The third-order valence-electron chi connectivity index (χ3n) is 1.99. The van der Waals surface area contributed by atoms with Crippen LogP contribution in [0.1, 0.15) is 27.7 Å². The minimum atomic E-state index is -2.52. The van der Waals surface area contributed by atoms with Gasteiger partial charge in [-0.05, 0) is 27.3 Å². The molecule has 0 radical (unpaired) electrons. The van der Waals surface area contributed by atoms with Crippen LogP contribution in [0.3, 0.4) is 0 Å². The van der Waals surface area contributed by atoms with Gasteiger partial charge < -0.3 is 19.0 Å². The molecule has 5 heteroatoms. The molecule has 0 saturated heterocycles. The van der Waals surface area contributed by atoms with Crippen molar-refractivity contribution in [3.63, 3.8) is 0 Å². The summed E-state index contributed by atoms with van der Waals surface area (Å²) in [6, 6.07) is 0. The SMILES string of the molecule is CCO[Si](OCC)(OCC)C(C)CN. The van der Waals surface area contributed by atoms with E-state index < -0.39 is 8.80 Å². The molecule has 0 amide bonds. The lowest BCUT2D eigenvalue weighted by atomic mass is 10.5. The fraction of sp³-hybridized carbons (Fsp3) is 1.00. The molecule has 0 bridgehead atoms. The molecule has 0 spiro atoms. The molecule has 2 N–H and O–H groups in total. The largest absolute Gasteiger partial charge is 0.505 e. The van der Waals surface area contributed by atoms with Crippen LogP contribution >= 0.6 is 0 Å². The maximum atomic E-state index is 5.68. The summed E-state index contributed by atoms with van der Waals surface area (Å²) in [6.07, 6.45) is 0. The van der Waals surface area contributed by atoms with Crippen LogP contribution in [0.15, 0.2) is 0 Å². The summed E-state index contributed by atoms with van der Waals surface area (Å²) in [5.41, 5.74) is 5.80. The predicted octanol–water partition coefficient (Wildman–Crippen LogP) is 1.38. The molecule has 1 unspecified atom stereocenters. The van der Waals surface area contributed by atoms with E-state index in [2.05, 4.69) is 0 Å². The topological polar surface area (TPSA) is 53.7 Å². The molecule has 0 aliphatic carbocycles. The van der Waals surface area contributed by atoms with Gasteiger partial charge in [-0.2, -0.15) is 0 Å². The minimum absolute atomic E-state index is 0.155. The van der Waals surface area contributed by atoms with E-state index in [9.17, 15) is 0 Å². The molecule has 0 saturated carbocycles. The summed E-state index contributed by atoms with van der Waals surface area (Å²) >= 11 is 0. The van der Waals surface area contributed by atoms with Crippen LogP contribution in [0.5, 0.6) is 0 Å². The van der Waals surface area contributed by atoms with Gasteiger partial charge in [-0.1, -0.05) is 6.92 Å². The summed E-state index contributed by atoms with van der Waals surface area (Å²) in [6.45, 7) is 10.2. The zero-order valence-corrected chi connectivity index (χ0v) is 10.7. The first-order valence-corrected chi connectivity index (χ1v) is 7.08. The first kappa shape index (κ1) is 14.1. The maximum Gasteiger partial charge on any atom is 0.505 e. The Kier molecular flexibility index (Phi) is 7.39. The van der Waals surface area contributed by atoms with Crippen molar-refractivity contribution in [2.24, 2.45) is 5.73 Å². The lowest BCUT2D eigenvalue weighted by molar-refractivity contribution is 0.0632. The summed E-state index contributed by atoms with van der Waals surface area (Å²) < 4.78 is 17.0. The fourth-order valence-corrected chi connectivity index (χ4v) is 3.90. The molecule has 0 aromatic carbocycles. The van der Waals surface area contributed by atoms with Crippen molar-refractivity contribution in [3.8, 4) is 0 Å². The molecular weight excluding hydrogens is 198 g/mol. The Morgan fingerprint density at radius 2 is 1.36 bits per heavy atom. The molecule has 0 heterocycles. The van der Waals surface area contributed by atoms with Crippen LogP contribution in [0, 0.1) is 0 Å². The lowest BCUT2D eigenvalue weighted by Crippen LogP contribution is -2.51. The average Bonchev–Trinajstić information content (AvgIpc) is 2.17. The van der Waals surface area contributed by atoms with Crippen LogP contribution in [0.4, 0.5) is 0 Å². The van der Waals surface area contributed by atoms with Gasteiger partial charge in [-0.15, -0.1) is 0 Å². The third-order valence-corrected chi connectivity index (χ3v) is 5.51. The normalized spacial score (nSPS) is 14.4. The number of hydrogen-bond donors (Lipinski definition) is 1. The number of rotatable bonds is 8. The molecule has 0 rings (SSSR count). The smallest absolute Gasteiger partial charge is 0.374 e. The molecular formula is C9H23NO3Si. The van der Waals surface area contributed by atoms with Gasteiger partial charge in [0, 0.05) is 25.4 Å². The van der Waals surface area contributed by atoms with Crippen molar-refractivity contribution in [2.75, 3.05) is 26.4 Å². The van der Waals surface area contributed by atoms with Crippen LogP contribution in [0.2, 0.25) is 5.54 Å².